The van der Waals surface area contributed by atoms with E-state index in [1.165, 1.54) is 6.07 Å². The number of carbonyl (C=O) groups is 1. The monoisotopic (exact) mass is 317 g/mol. The lowest BCUT2D eigenvalue weighted by Crippen LogP contribution is -2.47. The Bertz CT molecular complexity index is 638. The van der Waals surface area contributed by atoms with Crippen LogP contribution in [-0.2, 0) is 14.8 Å². The molecule has 0 amide bonds. The third kappa shape index (κ3) is 2.68. The molecule has 0 bridgehead atoms. The van der Waals surface area contributed by atoms with Gasteiger partial charge in [0.1, 0.15) is 0 Å². The molecule has 7 heteroatoms. The average molecular weight is 318 g/mol. The molecule has 1 fully saturated rings. The molecule has 1 aromatic carbocycles. The maximum atomic E-state index is 12.3. The van der Waals surface area contributed by atoms with Crippen LogP contribution in [0.15, 0.2) is 23.1 Å². The number of sulfonamides is 1. The van der Waals surface area contributed by atoms with Gasteiger partial charge >= 0.3 is 5.97 Å². The fourth-order valence-electron chi connectivity index (χ4n) is 2.26. The van der Waals surface area contributed by atoms with Gasteiger partial charge in [0.05, 0.1) is 10.3 Å². The van der Waals surface area contributed by atoms with Gasteiger partial charge in [-0.05, 0) is 37.5 Å². The Morgan fingerprint density at radius 1 is 1.45 bits per heavy atom. The maximum absolute atomic E-state index is 12.3. The van der Waals surface area contributed by atoms with Crippen molar-refractivity contribution in [3.63, 3.8) is 0 Å². The molecule has 2 rings (SSSR count). The normalized spacial score (nSPS) is 17.5. The summed E-state index contributed by atoms with van der Waals surface area (Å²) in [7, 11) is -3.75. The van der Waals surface area contributed by atoms with E-state index in [9.17, 15) is 18.3 Å². The van der Waals surface area contributed by atoms with Crippen LogP contribution in [0.25, 0.3) is 0 Å². The van der Waals surface area contributed by atoms with Gasteiger partial charge in [-0.3, -0.25) is 4.79 Å². The molecular formula is C13H16ClNO4S. The lowest BCUT2D eigenvalue weighted by atomic mass is 9.69. The summed E-state index contributed by atoms with van der Waals surface area (Å²) in [6, 6.07) is 4.62. The molecule has 0 aromatic heterocycles. The molecule has 0 atom stereocenters. The molecule has 1 aliphatic rings. The molecule has 0 unspecified atom stereocenters. The highest BCUT2D eigenvalue weighted by molar-refractivity contribution is 7.89. The van der Waals surface area contributed by atoms with Crippen molar-refractivity contribution in [2.75, 3.05) is 6.54 Å². The summed E-state index contributed by atoms with van der Waals surface area (Å²) in [5.74, 6) is -0.950. The zero-order valence-corrected chi connectivity index (χ0v) is 12.6. The van der Waals surface area contributed by atoms with Gasteiger partial charge in [-0.2, -0.15) is 0 Å². The second kappa shape index (κ2) is 5.35. The largest absolute Gasteiger partial charge is 0.481 e. The summed E-state index contributed by atoms with van der Waals surface area (Å²) < 4.78 is 26.9. The number of hydrogen-bond donors (Lipinski definition) is 2. The fraction of sp³-hybridized carbons (Fsp3) is 0.462. The van der Waals surface area contributed by atoms with E-state index in [0.717, 1.165) is 6.42 Å². The van der Waals surface area contributed by atoms with Gasteiger partial charge in [-0.1, -0.05) is 24.1 Å². The molecule has 0 aliphatic heterocycles. The van der Waals surface area contributed by atoms with E-state index in [-0.39, 0.29) is 11.4 Å². The molecule has 0 radical (unpaired) electrons. The summed E-state index contributed by atoms with van der Waals surface area (Å²) in [4.78, 5) is 11.3. The summed E-state index contributed by atoms with van der Waals surface area (Å²) in [5, 5.41) is 9.56. The lowest BCUT2D eigenvalue weighted by molar-refractivity contribution is -0.153. The summed E-state index contributed by atoms with van der Waals surface area (Å²) in [6.07, 6.45) is 1.81. The first-order valence-corrected chi connectivity index (χ1v) is 8.13. The Morgan fingerprint density at radius 2 is 2.10 bits per heavy atom. The minimum absolute atomic E-state index is 0.0867. The van der Waals surface area contributed by atoms with E-state index in [0.29, 0.717) is 23.4 Å². The summed E-state index contributed by atoms with van der Waals surface area (Å²) in [5.41, 5.74) is -0.501. The number of benzene rings is 1. The summed E-state index contributed by atoms with van der Waals surface area (Å²) in [6.45, 7) is 1.53. The van der Waals surface area contributed by atoms with Gasteiger partial charge in [-0.15, -0.1) is 0 Å². The van der Waals surface area contributed by atoms with Crippen LogP contribution in [0.3, 0.4) is 0 Å². The number of aliphatic carboxylic acids is 1. The van der Waals surface area contributed by atoms with E-state index in [1.807, 2.05) is 0 Å². The van der Waals surface area contributed by atoms with Crippen molar-refractivity contribution < 1.29 is 18.3 Å². The molecule has 0 saturated heterocycles. The topological polar surface area (TPSA) is 83.5 Å². The van der Waals surface area contributed by atoms with E-state index < -0.39 is 21.4 Å². The van der Waals surface area contributed by atoms with Crippen LogP contribution in [-0.4, -0.2) is 26.0 Å². The van der Waals surface area contributed by atoms with E-state index in [4.69, 9.17) is 11.6 Å². The van der Waals surface area contributed by atoms with Gasteiger partial charge in [0, 0.05) is 11.6 Å². The average Bonchev–Trinajstić information content (AvgIpc) is 2.30. The molecule has 1 aromatic rings. The molecule has 1 saturated carbocycles. The van der Waals surface area contributed by atoms with Crippen molar-refractivity contribution in [3.05, 3.63) is 28.8 Å². The zero-order chi connectivity index (χ0) is 15.0. The van der Waals surface area contributed by atoms with Gasteiger partial charge < -0.3 is 5.11 Å². The lowest BCUT2D eigenvalue weighted by Gasteiger charge is -2.37. The van der Waals surface area contributed by atoms with Crippen molar-refractivity contribution in [2.45, 2.75) is 31.1 Å². The number of nitrogens with one attached hydrogen (secondary N) is 1. The number of halogens is 1. The van der Waals surface area contributed by atoms with E-state index in [1.54, 1.807) is 19.1 Å². The second-order valence-corrected chi connectivity index (χ2v) is 7.27. The molecule has 110 valence electrons. The fourth-order valence-corrected chi connectivity index (χ4v) is 3.88. The smallest absolute Gasteiger partial charge is 0.310 e. The Labute approximate surface area is 123 Å². The van der Waals surface area contributed by atoms with Crippen LogP contribution in [0.5, 0.6) is 0 Å². The van der Waals surface area contributed by atoms with Crippen LogP contribution in [0.4, 0.5) is 0 Å². The Hall–Kier alpha value is -1.11. The Balaban J connectivity index is 2.20. The summed E-state index contributed by atoms with van der Waals surface area (Å²) >= 11 is 5.91. The van der Waals surface area contributed by atoms with Gasteiger partial charge in [0.2, 0.25) is 10.0 Å². The predicted molar refractivity (Wildman–Crippen MR) is 75.3 cm³/mol. The predicted octanol–water partition coefficient (Wildman–Crippen LogP) is 2.18. The van der Waals surface area contributed by atoms with Gasteiger partial charge in [0.25, 0.3) is 0 Å². The Kier molecular flexibility index (Phi) is 4.09. The van der Waals surface area contributed by atoms with Crippen molar-refractivity contribution in [1.82, 2.24) is 4.72 Å². The standard InChI is InChI=1S/C13H16ClNO4S/c1-9-10(14)4-2-5-11(9)20(18,19)15-8-13(12(16)17)6-3-7-13/h2,4-5,15H,3,6-8H2,1H3,(H,16,17). The van der Waals surface area contributed by atoms with Gasteiger partial charge in [-0.25, -0.2) is 13.1 Å². The molecular weight excluding hydrogens is 302 g/mol. The van der Waals surface area contributed by atoms with Crippen LogP contribution in [0.1, 0.15) is 24.8 Å². The SMILES string of the molecule is Cc1c(Cl)cccc1S(=O)(=O)NCC1(C(=O)O)CCC1. The molecule has 5 nitrogen and oxygen atoms in total. The minimum atomic E-state index is -3.75. The first kappa shape index (κ1) is 15.3. The highest BCUT2D eigenvalue weighted by atomic mass is 35.5. The maximum Gasteiger partial charge on any atom is 0.310 e. The zero-order valence-electron chi connectivity index (χ0n) is 11.0. The van der Waals surface area contributed by atoms with Crippen molar-refractivity contribution in [2.24, 2.45) is 5.41 Å². The number of rotatable bonds is 5. The third-order valence-electron chi connectivity index (χ3n) is 3.87. The van der Waals surface area contributed by atoms with Crippen molar-refractivity contribution >= 4 is 27.6 Å². The highest BCUT2D eigenvalue weighted by Crippen LogP contribution is 2.40. The number of hydrogen-bond acceptors (Lipinski definition) is 3. The van der Waals surface area contributed by atoms with E-state index in [2.05, 4.69) is 4.72 Å². The van der Waals surface area contributed by atoms with Gasteiger partial charge in [0.15, 0.2) is 0 Å². The second-order valence-electron chi connectivity index (χ2n) is 5.13. The molecule has 1 aliphatic carbocycles. The first-order valence-electron chi connectivity index (χ1n) is 6.27. The van der Waals surface area contributed by atoms with Crippen LogP contribution in [0, 0.1) is 12.3 Å². The molecule has 0 spiro atoms. The van der Waals surface area contributed by atoms with Crippen LogP contribution < -0.4 is 4.72 Å². The quantitative estimate of drug-likeness (QED) is 0.872. The number of carboxylic acid groups (broad SMARTS) is 1. The molecule has 0 heterocycles. The van der Waals surface area contributed by atoms with E-state index >= 15 is 0 Å². The third-order valence-corrected chi connectivity index (χ3v) is 5.83. The molecule has 2 N–H and O–H groups in total. The molecule has 20 heavy (non-hydrogen) atoms. The Morgan fingerprint density at radius 3 is 2.60 bits per heavy atom. The minimum Gasteiger partial charge on any atom is -0.481 e. The van der Waals surface area contributed by atoms with Crippen LogP contribution in [0.2, 0.25) is 5.02 Å². The number of carboxylic acids is 1. The highest BCUT2D eigenvalue weighted by Gasteiger charge is 2.45. The van der Waals surface area contributed by atoms with Crippen LogP contribution >= 0.6 is 11.6 Å². The first-order chi connectivity index (χ1) is 9.28. The van der Waals surface area contributed by atoms with Crippen molar-refractivity contribution in [1.29, 1.82) is 0 Å². The van der Waals surface area contributed by atoms with Crippen molar-refractivity contribution in [3.8, 4) is 0 Å².